The van der Waals surface area contributed by atoms with Gasteiger partial charge in [0.05, 0.1) is 6.54 Å². The van der Waals surface area contributed by atoms with Gasteiger partial charge in [0.15, 0.2) is 0 Å². The first kappa shape index (κ1) is 10.7. The summed E-state index contributed by atoms with van der Waals surface area (Å²) in [5.74, 6) is -0.682. The van der Waals surface area contributed by atoms with Crippen molar-refractivity contribution in [3.05, 3.63) is 44.4 Å². The van der Waals surface area contributed by atoms with Crippen molar-refractivity contribution < 1.29 is 14.3 Å². The molecule has 84 valence electrons. The van der Waals surface area contributed by atoms with Crippen molar-refractivity contribution >= 4 is 17.3 Å². The van der Waals surface area contributed by atoms with Crippen LogP contribution < -0.4 is 4.87 Å². The molecule has 0 aliphatic rings. The molecule has 0 amide bonds. The van der Waals surface area contributed by atoms with Crippen LogP contribution in [0.15, 0.2) is 26.9 Å². The molecule has 2 rings (SSSR count). The Balaban J connectivity index is 2.32. The third kappa shape index (κ3) is 1.92. The molecule has 0 spiro atoms. The van der Waals surface area contributed by atoms with Gasteiger partial charge in [-0.15, -0.1) is 0 Å². The van der Waals surface area contributed by atoms with Crippen molar-refractivity contribution in [2.75, 3.05) is 0 Å². The van der Waals surface area contributed by atoms with E-state index in [9.17, 15) is 9.59 Å². The van der Waals surface area contributed by atoms with Gasteiger partial charge in [-0.25, -0.2) is 4.79 Å². The van der Waals surface area contributed by atoms with Crippen molar-refractivity contribution in [2.24, 2.45) is 0 Å². The zero-order valence-electron chi connectivity index (χ0n) is 8.47. The second kappa shape index (κ2) is 3.97. The number of carboxylic acids is 1. The van der Waals surface area contributed by atoms with Crippen LogP contribution in [0.3, 0.4) is 0 Å². The monoisotopic (exact) mass is 239 g/mol. The Morgan fingerprint density at radius 1 is 1.62 bits per heavy atom. The summed E-state index contributed by atoms with van der Waals surface area (Å²) in [5.41, 5.74) is 0.706. The summed E-state index contributed by atoms with van der Waals surface area (Å²) >= 11 is 1.10. The highest BCUT2D eigenvalue weighted by atomic mass is 32.1. The minimum absolute atomic E-state index is 0.0718. The number of thiazole rings is 1. The third-order valence-electron chi connectivity index (χ3n) is 2.22. The quantitative estimate of drug-likeness (QED) is 0.882. The number of furan rings is 1. The highest BCUT2D eigenvalue weighted by molar-refractivity contribution is 7.07. The van der Waals surface area contributed by atoms with E-state index < -0.39 is 5.97 Å². The summed E-state index contributed by atoms with van der Waals surface area (Å²) in [6, 6.07) is 1.45. The predicted octanol–water partition coefficient (Wildman–Crippen LogP) is 1.56. The van der Waals surface area contributed by atoms with Crippen LogP contribution in [0.2, 0.25) is 0 Å². The van der Waals surface area contributed by atoms with E-state index in [1.54, 1.807) is 18.5 Å². The number of aromatic carboxylic acids is 1. The predicted molar refractivity (Wildman–Crippen MR) is 58.1 cm³/mol. The molecule has 6 heteroatoms. The van der Waals surface area contributed by atoms with E-state index in [2.05, 4.69) is 0 Å². The average Bonchev–Trinajstić information content (AvgIpc) is 2.76. The number of aromatic nitrogens is 1. The van der Waals surface area contributed by atoms with Crippen LogP contribution in [-0.4, -0.2) is 15.6 Å². The van der Waals surface area contributed by atoms with Crippen LogP contribution in [0, 0.1) is 6.92 Å². The molecule has 0 aliphatic carbocycles. The Kier molecular flexibility index (Phi) is 2.66. The number of carbonyl (C=O) groups is 1. The molecule has 5 nitrogen and oxygen atoms in total. The lowest BCUT2D eigenvalue weighted by atomic mass is 10.2. The first-order chi connectivity index (χ1) is 7.58. The van der Waals surface area contributed by atoms with Crippen LogP contribution >= 0.6 is 11.3 Å². The fourth-order valence-corrected chi connectivity index (χ4v) is 1.96. The van der Waals surface area contributed by atoms with E-state index in [4.69, 9.17) is 9.52 Å². The molecule has 0 bridgehead atoms. The Morgan fingerprint density at radius 2 is 2.38 bits per heavy atom. The molecule has 2 heterocycles. The lowest BCUT2D eigenvalue weighted by Gasteiger charge is -1.98. The van der Waals surface area contributed by atoms with Crippen molar-refractivity contribution in [2.45, 2.75) is 13.5 Å². The van der Waals surface area contributed by atoms with Gasteiger partial charge in [0.1, 0.15) is 5.76 Å². The molecule has 0 radical (unpaired) electrons. The first-order valence-electron chi connectivity index (χ1n) is 4.54. The normalized spacial score (nSPS) is 10.6. The van der Waals surface area contributed by atoms with Gasteiger partial charge in [0.2, 0.25) is 5.76 Å². The fraction of sp³-hybridized carbons (Fsp3) is 0.200. The van der Waals surface area contributed by atoms with Gasteiger partial charge in [-0.1, -0.05) is 11.3 Å². The minimum atomic E-state index is -1.10. The van der Waals surface area contributed by atoms with Crippen LogP contribution in [0.25, 0.3) is 0 Å². The van der Waals surface area contributed by atoms with Crippen LogP contribution in [0.5, 0.6) is 0 Å². The number of carboxylic acid groups (broad SMARTS) is 1. The van der Waals surface area contributed by atoms with Gasteiger partial charge in [-0.3, -0.25) is 4.79 Å². The molecule has 2 aromatic rings. The third-order valence-corrected chi connectivity index (χ3v) is 2.91. The summed E-state index contributed by atoms with van der Waals surface area (Å²) in [4.78, 5) is 21.9. The smallest absolute Gasteiger partial charge is 0.371 e. The zero-order chi connectivity index (χ0) is 11.7. The molecule has 0 atom stereocenters. The largest absolute Gasteiger partial charge is 0.475 e. The summed E-state index contributed by atoms with van der Waals surface area (Å²) < 4.78 is 6.56. The highest BCUT2D eigenvalue weighted by Gasteiger charge is 2.13. The molecule has 0 aliphatic heterocycles. The van der Waals surface area contributed by atoms with Crippen LogP contribution in [0.4, 0.5) is 0 Å². The second-order valence-electron chi connectivity index (χ2n) is 3.29. The Labute approximate surface area is 94.6 Å². The van der Waals surface area contributed by atoms with Crippen molar-refractivity contribution in [3.8, 4) is 0 Å². The van der Waals surface area contributed by atoms with Gasteiger partial charge in [0.25, 0.3) is 0 Å². The summed E-state index contributed by atoms with van der Waals surface area (Å²) in [5, 5.41) is 10.4. The van der Waals surface area contributed by atoms with Crippen LogP contribution in [-0.2, 0) is 6.54 Å². The van der Waals surface area contributed by atoms with Gasteiger partial charge >= 0.3 is 10.8 Å². The Hall–Kier alpha value is -1.82. The molecule has 0 saturated carbocycles. The molecule has 0 unspecified atom stereocenters. The van der Waals surface area contributed by atoms with Crippen molar-refractivity contribution in [3.63, 3.8) is 0 Å². The molecular weight excluding hydrogens is 230 g/mol. The molecule has 1 N–H and O–H groups in total. The maximum absolute atomic E-state index is 11.3. The number of hydrogen-bond donors (Lipinski definition) is 1. The van der Waals surface area contributed by atoms with E-state index in [1.165, 1.54) is 10.6 Å². The summed E-state index contributed by atoms with van der Waals surface area (Å²) in [6.45, 7) is 2.02. The van der Waals surface area contributed by atoms with E-state index in [0.29, 0.717) is 17.9 Å². The lowest BCUT2D eigenvalue weighted by Crippen LogP contribution is -2.12. The number of rotatable bonds is 3. The van der Waals surface area contributed by atoms with Gasteiger partial charge in [-0.05, 0) is 13.0 Å². The second-order valence-corrected chi connectivity index (χ2v) is 4.15. The van der Waals surface area contributed by atoms with Gasteiger partial charge in [0, 0.05) is 17.1 Å². The Bertz CT molecular complexity index is 578. The number of hydrogen-bond acceptors (Lipinski definition) is 4. The SMILES string of the molecule is Cc1oc(C(=O)O)cc1Cn1ccsc1=O. The fourth-order valence-electron chi connectivity index (χ4n) is 1.37. The van der Waals surface area contributed by atoms with E-state index in [-0.39, 0.29) is 10.6 Å². The van der Waals surface area contributed by atoms with E-state index >= 15 is 0 Å². The molecule has 0 saturated heterocycles. The van der Waals surface area contributed by atoms with E-state index in [1.807, 2.05) is 0 Å². The standard InChI is InChI=1S/C10H9NO4S/c1-6-7(4-8(15-6)9(12)13)5-11-2-3-16-10(11)14/h2-4H,5H2,1H3,(H,12,13). The lowest BCUT2D eigenvalue weighted by molar-refractivity contribution is 0.0661. The molecule has 0 aromatic carbocycles. The molecular formula is C10H9NO4S. The molecule has 16 heavy (non-hydrogen) atoms. The van der Waals surface area contributed by atoms with Crippen molar-refractivity contribution in [1.29, 1.82) is 0 Å². The van der Waals surface area contributed by atoms with E-state index in [0.717, 1.165) is 11.3 Å². The maximum Gasteiger partial charge on any atom is 0.371 e. The van der Waals surface area contributed by atoms with Gasteiger partial charge in [-0.2, -0.15) is 0 Å². The maximum atomic E-state index is 11.3. The van der Waals surface area contributed by atoms with Crippen LogP contribution in [0.1, 0.15) is 21.9 Å². The topological polar surface area (TPSA) is 72.4 Å². The van der Waals surface area contributed by atoms with Crippen molar-refractivity contribution in [1.82, 2.24) is 4.57 Å². The Morgan fingerprint density at radius 3 is 2.88 bits per heavy atom. The molecule has 2 aromatic heterocycles. The number of nitrogens with zero attached hydrogens (tertiary/aromatic N) is 1. The highest BCUT2D eigenvalue weighted by Crippen LogP contribution is 2.15. The summed E-state index contributed by atoms with van der Waals surface area (Å²) in [7, 11) is 0. The van der Waals surface area contributed by atoms with Gasteiger partial charge < -0.3 is 14.1 Å². The minimum Gasteiger partial charge on any atom is -0.475 e. The first-order valence-corrected chi connectivity index (χ1v) is 5.42. The number of aryl methyl sites for hydroxylation is 1. The average molecular weight is 239 g/mol. The zero-order valence-corrected chi connectivity index (χ0v) is 9.28. The molecule has 0 fully saturated rings. The summed E-state index contributed by atoms with van der Waals surface area (Å²) in [6.07, 6.45) is 1.67.